The fourth-order valence-electron chi connectivity index (χ4n) is 4.11. The van der Waals surface area contributed by atoms with Gasteiger partial charge in [0, 0.05) is 44.7 Å². The van der Waals surface area contributed by atoms with Crippen molar-refractivity contribution in [2.24, 2.45) is 11.8 Å². The molecule has 1 unspecified atom stereocenters. The van der Waals surface area contributed by atoms with E-state index < -0.39 is 0 Å². The SMILES string of the molecule is CC(C)CC(CNC(=O)C1CCN(C(=O)c2ccco2)CC1)N1CCOCC1. The summed E-state index contributed by atoms with van der Waals surface area (Å²) in [5.41, 5.74) is 0. The first-order valence-electron chi connectivity index (χ1n) is 10.5. The van der Waals surface area contributed by atoms with Gasteiger partial charge in [-0.1, -0.05) is 13.8 Å². The van der Waals surface area contributed by atoms with Crippen LogP contribution in [0, 0.1) is 11.8 Å². The second-order valence-electron chi connectivity index (χ2n) is 8.22. The van der Waals surface area contributed by atoms with E-state index in [0.717, 1.165) is 32.7 Å². The van der Waals surface area contributed by atoms with Gasteiger partial charge in [0.15, 0.2) is 5.76 Å². The number of rotatable bonds is 7. The lowest BCUT2D eigenvalue weighted by atomic mass is 9.95. The Morgan fingerprint density at radius 3 is 2.50 bits per heavy atom. The van der Waals surface area contributed by atoms with E-state index in [1.54, 1.807) is 17.0 Å². The number of nitrogens with one attached hydrogen (secondary N) is 1. The summed E-state index contributed by atoms with van der Waals surface area (Å²) in [4.78, 5) is 29.3. The number of likely N-dealkylation sites (tertiary alicyclic amines) is 1. The molecule has 1 aromatic heterocycles. The molecule has 1 aromatic rings. The van der Waals surface area contributed by atoms with Crippen LogP contribution in [-0.4, -0.2) is 73.6 Å². The minimum atomic E-state index is -0.0897. The van der Waals surface area contributed by atoms with Crippen molar-refractivity contribution < 1.29 is 18.7 Å². The topological polar surface area (TPSA) is 75.0 Å². The maximum absolute atomic E-state index is 12.7. The van der Waals surface area contributed by atoms with E-state index in [9.17, 15) is 9.59 Å². The number of amides is 2. The van der Waals surface area contributed by atoms with Crippen molar-refractivity contribution in [1.82, 2.24) is 15.1 Å². The first-order valence-corrected chi connectivity index (χ1v) is 10.5. The summed E-state index contributed by atoms with van der Waals surface area (Å²) < 4.78 is 10.7. The van der Waals surface area contributed by atoms with Gasteiger partial charge in [-0.2, -0.15) is 0 Å². The van der Waals surface area contributed by atoms with E-state index in [2.05, 4.69) is 24.1 Å². The summed E-state index contributed by atoms with van der Waals surface area (Å²) >= 11 is 0. The number of piperidine rings is 1. The zero-order chi connectivity index (χ0) is 19.9. The van der Waals surface area contributed by atoms with Gasteiger partial charge in [0.1, 0.15) is 0 Å². The zero-order valence-electron chi connectivity index (χ0n) is 17.1. The highest BCUT2D eigenvalue weighted by atomic mass is 16.5. The molecule has 3 heterocycles. The summed E-state index contributed by atoms with van der Waals surface area (Å²) in [5, 5.41) is 3.18. The van der Waals surface area contributed by atoms with Gasteiger partial charge < -0.3 is 19.4 Å². The van der Waals surface area contributed by atoms with Crippen LogP contribution < -0.4 is 5.32 Å². The molecule has 2 amide bonds. The highest BCUT2D eigenvalue weighted by Gasteiger charge is 2.29. The Balaban J connectivity index is 1.45. The number of carbonyl (C=O) groups is 2. The van der Waals surface area contributed by atoms with Crippen LogP contribution in [0.1, 0.15) is 43.7 Å². The molecule has 1 atom stereocenters. The molecule has 0 aliphatic carbocycles. The van der Waals surface area contributed by atoms with Crippen molar-refractivity contribution in [3.05, 3.63) is 24.2 Å². The lowest BCUT2D eigenvalue weighted by Crippen LogP contribution is -2.50. The van der Waals surface area contributed by atoms with Crippen molar-refractivity contribution in [3.63, 3.8) is 0 Å². The molecular weight excluding hydrogens is 358 g/mol. The van der Waals surface area contributed by atoms with Crippen LogP contribution in [0.2, 0.25) is 0 Å². The second-order valence-corrected chi connectivity index (χ2v) is 8.22. The van der Waals surface area contributed by atoms with Gasteiger partial charge in [-0.25, -0.2) is 0 Å². The molecule has 7 nitrogen and oxygen atoms in total. The quantitative estimate of drug-likeness (QED) is 0.769. The molecule has 0 aromatic carbocycles. The Hall–Kier alpha value is -1.86. The molecule has 2 aliphatic rings. The molecule has 1 N–H and O–H groups in total. The van der Waals surface area contributed by atoms with Crippen molar-refractivity contribution in [3.8, 4) is 0 Å². The molecule has 0 spiro atoms. The van der Waals surface area contributed by atoms with Gasteiger partial charge in [0.2, 0.25) is 5.91 Å². The molecule has 2 fully saturated rings. The van der Waals surface area contributed by atoms with E-state index in [-0.39, 0.29) is 17.7 Å². The molecule has 7 heteroatoms. The Bertz CT molecular complexity index is 618. The lowest BCUT2D eigenvalue weighted by molar-refractivity contribution is -0.126. The van der Waals surface area contributed by atoms with Crippen molar-refractivity contribution >= 4 is 11.8 Å². The van der Waals surface area contributed by atoms with E-state index in [1.807, 2.05) is 0 Å². The van der Waals surface area contributed by atoms with Crippen LogP contribution in [0.15, 0.2) is 22.8 Å². The number of hydrogen-bond acceptors (Lipinski definition) is 5. The Morgan fingerprint density at radius 1 is 1.18 bits per heavy atom. The van der Waals surface area contributed by atoms with Crippen molar-refractivity contribution in [2.45, 2.75) is 39.2 Å². The van der Waals surface area contributed by atoms with Crippen LogP contribution in [0.3, 0.4) is 0 Å². The fourth-order valence-corrected chi connectivity index (χ4v) is 4.11. The zero-order valence-corrected chi connectivity index (χ0v) is 17.1. The summed E-state index contributed by atoms with van der Waals surface area (Å²) in [6.45, 7) is 9.72. The molecule has 0 saturated carbocycles. The number of ether oxygens (including phenoxy) is 1. The number of morpholine rings is 1. The van der Waals surface area contributed by atoms with Crippen LogP contribution in [0.5, 0.6) is 0 Å². The molecule has 0 radical (unpaired) electrons. The summed E-state index contributed by atoms with van der Waals surface area (Å²) in [6, 6.07) is 3.75. The van der Waals surface area contributed by atoms with E-state index >= 15 is 0 Å². The minimum absolute atomic E-state index is 0.0231. The second kappa shape index (κ2) is 10.1. The van der Waals surface area contributed by atoms with Crippen LogP contribution in [0.25, 0.3) is 0 Å². The third-order valence-electron chi connectivity index (χ3n) is 5.70. The van der Waals surface area contributed by atoms with Crippen LogP contribution in [0.4, 0.5) is 0 Å². The molecular formula is C21H33N3O4. The van der Waals surface area contributed by atoms with Crippen molar-refractivity contribution in [1.29, 1.82) is 0 Å². The monoisotopic (exact) mass is 391 g/mol. The minimum Gasteiger partial charge on any atom is -0.459 e. The van der Waals surface area contributed by atoms with E-state index in [0.29, 0.717) is 50.2 Å². The summed E-state index contributed by atoms with van der Waals surface area (Å²) in [7, 11) is 0. The highest BCUT2D eigenvalue weighted by molar-refractivity contribution is 5.91. The average Bonchev–Trinajstić information content (AvgIpc) is 3.25. The maximum atomic E-state index is 12.7. The van der Waals surface area contributed by atoms with Crippen LogP contribution in [-0.2, 0) is 9.53 Å². The van der Waals surface area contributed by atoms with Gasteiger partial charge in [-0.15, -0.1) is 0 Å². The molecule has 0 bridgehead atoms. The smallest absolute Gasteiger partial charge is 0.289 e. The summed E-state index contributed by atoms with van der Waals surface area (Å²) in [6.07, 6.45) is 3.97. The van der Waals surface area contributed by atoms with Gasteiger partial charge >= 0.3 is 0 Å². The standard InChI is InChI=1S/C21H33N3O4/c1-16(2)14-18(23-9-12-27-13-10-23)15-22-20(25)17-5-7-24(8-6-17)21(26)19-4-3-11-28-19/h3-4,11,16-18H,5-10,12-15H2,1-2H3,(H,22,25). The predicted molar refractivity (Wildman–Crippen MR) is 106 cm³/mol. The molecule has 156 valence electrons. The third kappa shape index (κ3) is 5.58. The van der Waals surface area contributed by atoms with Gasteiger partial charge in [-0.3, -0.25) is 14.5 Å². The number of nitrogens with zero attached hydrogens (tertiary/aromatic N) is 2. The number of hydrogen-bond donors (Lipinski definition) is 1. The normalized spacial score (nSPS) is 20.3. The number of carbonyl (C=O) groups excluding carboxylic acids is 2. The molecule has 3 rings (SSSR count). The fraction of sp³-hybridized carbons (Fsp3) is 0.714. The maximum Gasteiger partial charge on any atom is 0.289 e. The first kappa shape index (κ1) is 20.9. The van der Waals surface area contributed by atoms with Gasteiger partial charge in [0.25, 0.3) is 5.91 Å². The first-order chi connectivity index (χ1) is 13.5. The Labute approximate surface area is 167 Å². The lowest BCUT2D eigenvalue weighted by Gasteiger charge is -2.36. The molecule has 28 heavy (non-hydrogen) atoms. The summed E-state index contributed by atoms with van der Waals surface area (Å²) in [5.74, 6) is 0.955. The van der Waals surface area contributed by atoms with Gasteiger partial charge in [0.05, 0.1) is 19.5 Å². The predicted octanol–water partition coefficient (Wildman–Crippen LogP) is 1.99. The average molecular weight is 392 g/mol. The van der Waals surface area contributed by atoms with Crippen LogP contribution >= 0.6 is 0 Å². The largest absolute Gasteiger partial charge is 0.459 e. The third-order valence-corrected chi connectivity index (χ3v) is 5.70. The molecule has 2 aliphatic heterocycles. The Morgan fingerprint density at radius 2 is 1.89 bits per heavy atom. The van der Waals surface area contributed by atoms with Gasteiger partial charge in [-0.05, 0) is 37.3 Å². The van der Waals surface area contributed by atoms with Crippen molar-refractivity contribution in [2.75, 3.05) is 45.9 Å². The van der Waals surface area contributed by atoms with E-state index in [1.165, 1.54) is 6.26 Å². The Kier molecular flexibility index (Phi) is 7.50. The van der Waals surface area contributed by atoms with E-state index in [4.69, 9.17) is 9.15 Å². The number of furan rings is 1. The molecule has 2 saturated heterocycles. The highest BCUT2D eigenvalue weighted by Crippen LogP contribution is 2.20.